The summed E-state index contributed by atoms with van der Waals surface area (Å²) in [6.07, 6.45) is 2.50. The van der Waals surface area contributed by atoms with Crippen LogP contribution in [0.15, 0.2) is 41.3 Å². The molecule has 0 fully saturated rings. The SMILES string of the molecule is CCC1(CC)OC(=O)Nc2ccc(OCCCC[S+]([O-])c3ccc(OC)c(OC)c3)cc21. The van der Waals surface area contributed by atoms with E-state index in [-0.39, 0.29) is 0 Å². The van der Waals surface area contributed by atoms with Gasteiger partial charge in [0.15, 0.2) is 16.4 Å². The first-order valence-electron chi connectivity index (χ1n) is 10.8. The first-order valence-corrected chi connectivity index (χ1v) is 12.2. The molecule has 2 aromatic rings. The predicted octanol–water partition coefficient (Wildman–Crippen LogP) is 5.25. The zero-order valence-electron chi connectivity index (χ0n) is 19.1. The van der Waals surface area contributed by atoms with E-state index in [1.54, 1.807) is 32.4 Å². The molecule has 1 heterocycles. The van der Waals surface area contributed by atoms with Gasteiger partial charge in [-0.1, -0.05) is 13.8 Å². The molecule has 1 atom stereocenters. The van der Waals surface area contributed by atoms with Crippen molar-refractivity contribution in [3.05, 3.63) is 42.0 Å². The molecule has 0 aliphatic carbocycles. The number of benzene rings is 2. The molecule has 8 heteroatoms. The minimum Gasteiger partial charge on any atom is -0.611 e. The first kappa shape index (κ1) is 24.1. The lowest BCUT2D eigenvalue weighted by molar-refractivity contribution is 0.00452. The second kappa shape index (κ2) is 10.8. The number of methoxy groups -OCH3 is 2. The number of ether oxygens (including phenoxy) is 4. The van der Waals surface area contributed by atoms with Crippen molar-refractivity contribution in [1.82, 2.24) is 0 Å². The molecule has 0 bridgehead atoms. The minimum absolute atomic E-state index is 0.419. The highest BCUT2D eigenvalue weighted by molar-refractivity contribution is 7.91. The number of cyclic esters (lactones) is 1. The fraction of sp³-hybridized carbons (Fsp3) is 0.458. The van der Waals surface area contributed by atoms with E-state index >= 15 is 0 Å². The van der Waals surface area contributed by atoms with Gasteiger partial charge >= 0.3 is 6.09 Å². The molecule has 32 heavy (non-hydrogen) atoms. The summed E-state index contributed by atoms with van der Waals surface area (Å²) >= 11 is -1.12. The Bertz CT molecular complexity index is 931. The standard InChI is InChI=1S/C24H31NO6S/c1-5-24(6-2)19-15-17(9-11-20(19)25-23(26)31-24)30-13-7-8-14-32(27)18-10-12-21(28-3)22(16-18)29-4/h9-12,15-16H,5-8,13-14H2,1-4H3,(H,25,26). The summed E-state index contributed by atoms with van der Waals surface area (Å²) in [6.45, 7) is 4.54. The lowest BCUT2D eigenvalue weighted by atomic mass is 9.86. The highest BCUT2D eigenvalue weighted by Gasteiger charge is 2.39. The number of amides is 1. The molecule has 1 unspecified atom stereocenters. The van der Waals surface area contributed by atoms with Crippen molar-refractivity contribution < 1.29 is 28.3 Å². The summed E-state index contributed by atoms with van der Waals surface area (Å²) in [7, 11) is 3.14. The van der Waals surface area contributed by atoms with Crippen molar-refractivity contribution in [2.45, 2.75) is 50.0 Å². The molecule has 1 aliphatic heterocycles. The van der Waals surface area contributed by atoms with Crippen LogP contribution in [0.3, 0.4) is 0 Å². The number of hydrogen-bond acceptors (Lipinski definition) is 6. The number of unbranched alkanes of at least 4 members (excludes halogenated alkanes) is 1. The van der Waals surface area contributed by atoms with Crippen LogP contribution in [0.2, 0.25) is 0 Å². The van der Waals surface area contributed by atoms with E-state index in [4.69, 9.17) is 18.9 Å². The molecule has 7 nitrogen and oxygen atoms in total. The average molecular weight is 462 g/mol. The lowest BCUT2D eigenvalue weighted by Gasteiger charge is -2.37. The number of anilines is 1. The topological polar surface area (TPSA) is 89.1 Å². The van der Waals surface area contributed by atoms with Gasteiger partial charge in [-0.3, -0.25) is 5.32 Å². The third-order valence-electron chi connectivity index (χ3n) is 5.76. The summed E-state index contributed by atoms with van der Waals surface area (Å²) < 4.78 is 34.7. The summed E-state index contributed by atoms with van der Waals surface area (Å²) in [4.78, 5) is 12.6. The van der Waals surface area contributed by atoms with Gasteiger partial charge in [-0.05, 0) is 67.2 Å². The van der Waals surface area contributed by atoms with Gasteiger partial charge in [-0.2, -0.15) is 0 Å². The van der Waals surface area contributed by atoms with Crippen molar-refractivity contribution >= 4 is 23.0 Å². The molecule has 174 valence electrons. The Morgan fingerprint density at radius 3 is 2.47 bits per heavy atom. The van der Waals surface area contributed by atoms with Crippen LogP contribution in [0, 0.1) is 0 Å². The maximum absolute atomic E-state index is 12.6. The Morgan fingerprint density at radius 1 is 1.03 bits per heavy atom. The van der Waals surface area contributed by atoms with E-state index in [0.717, 1.165) is 34.7 Å². The highest BCUT2D eigenvalue weighted by atomic mass is 32.2. The molecule has 0 radical (unpaired) electrons. The van der Waals surface area contributed by atoms with Gasteiger partial charge < -0.3 is 23.5 Å². The zero-order valence-corrected chi connectivity index (χ0v) is 19.9. The number of hydrogen-bond donors (Lipinski definition) is 1. The van der Waals surface area contributed by atoms with Gasteiger partial charge in [0.05, 0.1) is 26.5 Å². The Hall–Kier alpha value is -2.58. The fourth-order valence-electron chi connectivity index (χ4n) is 3.84. The van der Waals surface area contributed by atoms with Gasteiger partial charge in [0.1, 0.15) is 17.1 Å². The van der Waals surface area contributed by atoms with E-state index in [0.29, 0.717) is 36.7 Å². The third kappa shape index (κ3) is 5.24. The molecule has 3 rings (SSSR count). The van der Waals surface area contributed by atoms with Gasteiger partial charge in [0.25, 0.3) is 0 Å². The molecule has 1 aliphatic rings. The first-order chi connectivity index (χ1) is 15.5. The van der Waals surface area contributed by atoms with Gasteiger partial charge in [0.2, 0.25) is 0 Å². The summed E-state index contributed by atoms with van der Waals surface area (Å²) in [5.74, 6) is 2.46. The van der Waals surface area contributed by atoms with Crippen molar-refractivity contribution in [1.29, 1.82) is 0 Å². The number of carbonyl (C=O) groups is 1. The van der Waals surface area contributed by atoms with Crippen LogP contribution in [0.4, 0.5) is 10.5 Å². The van der Waals surface area contributed by atoms with E-state index < -0.39 is 22.9 Å². The number of fused-ring (bicyclic) bond motifs is 1. The van der Waals surface area contributed by atoms with Crippen LogP contribution in [0.5, 0.6) is 17.2 Å². The maximum atomic E-state index is 12.6. The Morgan fingerprint density at radius 2 is 1.78 bits per heavy atom. The van der Waals surface area contributed by atoms with Crippen molar-refractivity contribution in [2.24, 2.45) is 0 Å². The number of rotatable bonds is 11. The zero-order chi connectivity index (χ0) is 23.1. The molecule has 2 aromatic carbocycles. The van der Waals surface area contributed by atoms with Gasteiger partial charge in [-0.25, -0.2) is 4.79 Å². The normalized spacial score (nSPS) is 15.2. The van der Waals surface area contributed by atoms with E-state index in [9.17, 15) is 9.35 Å². The van der Waals surface area contributed by atoms with Gasteiger partial charge in [-0.15, -0.1) is 0 Å². The Balaban J connectivity index is 1.53. The number of carbonyl (C=O) groups excluding carboxylic acids is 1. The molecule has 0 aromatic heterocycles. The smallest absolute Gasteiger partial charge is 0.412 e. The van der Waals surface area contributed by atoms with Crippen LogP contribution in [-0.2, 0) is 21.5 Å². The van der Waals surface area contributed by atoms with E-state index in [1.807, 2.05) is 32.0 Å². The van der Waals surface area contributed by atoms with Crippen LogP contribution < -0.4 is 19.5 Å². The van der Waals surface area contributed by atoms with Crippen LogP contribution >= 0.6 is 0 Å². The van der Waals surface area contributed by atoms with Gasteiger partial charge in [0, 0.05) is 11.6 Å². The monoisotopic (exact) mass is 461 g/mol. The Labute approximate surface area is 192 Å². The minimum atomic E-state index is -1.12. The quantitative estimate of drug-likeness (QED) is 0.363. The largest absolute Gasteiger partial charge is 0.611 e. The van der Waals surface area contributed by atoms with Crippen LogP contribution in [0.1, 0.15) is 45.1 Å². The molecular formula is C24H31NO6S. The van der Waals surface area contributed by atoms with Crippen molar-refractivity contribution in [2.75, 3.05) is 31.9 Å². The third-order valence-corrected chi connectivity index (χ3v) is 7.20. The molecule has 0 saturated carbocycles. The highest BCUT2D eigenvalue weighted by Crippen LogP contribution is 2.42. The summed E-state index contributed by atoms with van der Waals surface area (Å²) in [5, 5.41) is 2.76. The molecule has 0 spiro atoms. The van der Waals surface area contributed by atoms with Crippen LogP contribution in [-0.4, -0.2) is 37.2 Å². The predicted molar refractivity (Wildman–Crippen MR) is 124 cm³/mol. The maximum Gasteiger partial charge on any atom is 0.412 e. The lowest BCUT2D eigenvalue weighted by Crippen LogP contribution is -2.38. The molecule has 1 amide bonds. The van der Waals surface area contributed by atoms with E-state index in [2.05, 4.69) is 5.32 Å². The second-order valence-electron chi connectivity index (χ2n) is 7.55. The fourth-order valence-corrected chi connectivity index (χ4v) is 5.00. The van der Waals surface area contributed by atoms with E-state index in [1.165, 1.54) is 0 Å². The molecule has 1 N–H and O–H groups in total. The Kier molecular flexibility index (Phi) is 8.15. The second-order valence-corrected chi connectivity index (χ2v) is 9.12. The molecular weight excluding hydrogens is 430 g/mol. The summed E-state index contributed by atoms with van der Waals surface area (Å²) in [5.41, 5.74) is 1.07. The van der Waals surface area contributed by atoms with Crippen LogP contribution in [0.25, 0.3) is 0 Å². The van der Waals surface area contributed by atoms with Crippen molar-refractivity contribution in [3.63, 3.8) is 0 Å². The summed E-state index contributed by atoms with van der Waals surface area (Å²) in [6, 6.07) is 11.0. The average Bonchev–Trinajstić information content (AvgIpc) is 2.82. The van der Waals surface area contributed by atoms with Crippen molar-refractivity contribution in [3.8, 4) is 17.2 Å². The molecule has 0 saturated heterocycles. The number of nitrogens with one attached hydrogen (secondary N) is 1.